The van der Waals surface area contributed by atoms with E-state index in [4.69, 9.17) is 0 Å². The molecule has 0 spiro atoms. The zero-order valence-electron chi connectivity index (χ0n) is 11.4. The minimum atomic E-state index is 0.0262. The summed E-state index contributed by atoms with van der Waals surface area (Å²) in [5.41, 5.74) is 1.76. The Morgan fingerprint density at radius 2 is 2.06 bits per heavy atom. The largest absolute Gasteiger partial charge is 0.352 e. The molecule has 1 N–H and O–H groups in total. The van der Waals surface area contributed by atoms with E-state index in [1.54, 1.807) is 0 Å². The Morgan fingerprint density at radius 1 is 1.33 bits per heavy atom. The van der Waals surface area contributed by atoms with E-state index in [1.807, 2.05) is 25.1 Å². The third-order valence-electron chi connectivity index (χ3n) is 3.01. The van der Waals surface area contributed by atoms with Gasteiger partial charge in [-0.15, -0.1) is 0 Å². The van der Waals surface area contributed by atoms with Crippen LogP contribution in [0.5, 0.6) is 0 Å². The molecule has 1 aromatic rings. The summed E-state index contributed by atoms with van der Waals surface area (Å²) in [4.78, 5) is 12.0. The van der Waals surface area contributed by atoms with Gasteiger partial charge in [0.1, 0.15) is 0 Å². The molecule has 0 saturated heterocycles. The first-order valence-electron chi connectivity index (χ1n) is 6.55. The van der Waals surface area contributed by atoms with Crippen LogP contribution in [0.1, 0.15) is 49.0 Å². The van der Waals surface area contributed by atoms with Crippen LogP contribution in [-0.2, 0) is 0 Å². The van der Waals surface area contributed by atoms with Crippen LogP contribution in [0.15, 0.2) is 22.7 Å². The second-order valence-electron chi connectivity index (χ2n) is 5.06. The zero-order chi connectivity index (χ0) is 13.5. The van der Waals surface area contributed by atoms with E-state index in [0.29, 0.717) is 0 Å². The summed E-state index contributed by atoms with van der Waals surface area (Å²) in [6, 6.07) is 5.71. The quantitative estimate of drug-likeness (QED) is 0.779. The van der Waals surface area contributed by atoms with Gasteiger partial charge in [-0.25, -0.2) is 0 Å². The molecule has 1 aromatic carbocycles. The second-order valence-corrected chi connectivity index (χ2v) is 5.91. The third-order valence-corrected chi connectivity index (χ3v) is 3.87. The first-order valence-corrected chi connectivity index (χ1v) is 7.35. The maximum atomic E-state index is 12.0. The molecule has 3 heteroatoms. The highest BCUT2D eigenvalue weighted by molar-refractivity contribution is 9.10. The van der Waals surface area contributed by atoms with Gasteiger partial charge in [0, 0.05) is 16.6 Å². The van der Waals surface area contributed by atoms with Gasteiger partial charge in [-0.1, -0.05) is 48.7 Å². The van der Waals surface area contributed by atoms with Crippen molar-refractivity contribution in [2.45, 2.75) is 40.0 Å². The minimum Gasteiger partial charge on any atom is -0.352 e. The topological polar surface area (TPSA) is 29.1 Å². The summed E-state index contributed by atoms with van der Waals surface area (Å²) in [7, 11) is 0. The smallest absolute Gasteiger partial charge is 0.251 e. The number of nitrogens with one attached hydrogen (secondary N) is 1. The van der Waals surface area contributed by atoms with Crippen LogP contribution in [0, 0.1) is 12.8 Å². The Bertz CT molecular complexity index is 401. The van der Waals surface area contributed by atoms with Crippen molar-refractivity contribution in [2.75, 3.05) is 6.54 Å². The summed E-state index contributed by atoms with van der Waals surface area (Å²) < 4.78 is 0.981. The fourth-order valence-corrected chi connectivity index (χ4v) is 2.19. The van der Waals surface area contributed by atoms with Crippen molar-refractivity contribution in [3.8, 4) is 0 Å². The number of hydrogen-bond donors (Lipinski definition) is 1. The molecular formula is C15H22BrNO. The van der Waals surface area contributed by atoms with Crippen LogP contribution in [0.25, 0.3) is 0 Å². The molecule has 1 amide bonds. The second kappa shape index (κ2) is 7.57. The van der Waals surface area contributed by atoms with Crippen molar-refractivity contribution < 1.29 is 4.79 Å². The standard InChI is InChI=1S/C15H22BrNO/c1-11(2)7-4-5-10-17-15(18)13-8-6-9-14(16)12(13)3/h6,8-9,11H,4-5,7,10H2,1-3H3,(H,17,18). The highest BCUT2D eigenvalue weighted by atomic mass is 79.9. The molecule has 0 aliphatic heterocycles. The summed E-state index contributed by atoms with van der Waals surface area (Å²) in [6.45, 7) is 7.17. The van der Waals surface area contributed by atoms with E-state index in [-0.39, 0.29) is 5.91 Å². The lowest BCUT2D eigenvalue weighted by Crippen LogP contribution is -2.25. The van der Waals surface area contributed by atoms with Gasteiger partial charge in [0.15, 0.2) is 0 Å². The van der Waals surface area contributed by atoms with Gasteiger partial charge in [-0.2, -0.15) is 0 Å². The van der Waals surface area contributed by atoms with Crippen molar-refractivity contribution >= 4 is 21.8 Å². The molecule has 0 atom stereocenters. The van der Waals surface area contributed by atoms with Gasteiger partial charge in [-0.05, 0) is 37.0 Å². The number of halogens is 1. The van der Waals surface area contributed by atoms with Gasteiger partial charge in [0.25, 0.3) is 5.91 Å². The number of amides is 1. The van der Waals surface area contributed by atoms with Crippen LogP contribution in [0.2, 0.25) is 0 Å². The lowest BCUT2D eigenvalue weighted by atomic mass is 10.1. The van der Waals surface area contributed by atoms with Gasteiger partial charge < -0.3 is 5.32 Å². The Kier molecular flexibility index (Phi) is 6.41. The molecule has 18 heavy (non-hydrogen) atoms. The Balaban J connectivity index is 2.39. The molecule has 100 valence electrons. The van der Waals surface area contributed by atoms with Gasteiger partial charge in [-0.3, -0.25) is 4.79 Å². The van der Waals surface area contributed by atoms with Crippen molar-refractivity contribution in [1.29, 1.82) is 0 Å². The van der Waals surface area contributed by atoms with Crippen molar-refractivity contribution in [3.63, 3.8) is 0 Å². The molecule has 2 nitrogen and oxygen atoms in total. The molecule has 0 saturated carbocycles. The molecule has 0 aliphatic carbocycles. The Labute approximate surface area is 118 Å². The first-order chi connectivity index (χ1) is 8.52. The van der Waals surface area contributed by atoms with E-state index >= 15 is 0 Å². The van der Waals surface area contributed by atoms with E-state index in [9.17, 15) is 4.79 Å². The van der Waals surface area contributed by atoms with Crippen LogP contribution in [-0.4, -0.2) is 12.5 Å². The summed E-state index contributed by atoms with van der Waals surface area (Å²) in [5.74, 6) is 0.770. The predicted octanol–water partition coefficient (Wildman–Crippen LogP) is 4.31. The highest BCUT2D eigenvalue weighted by Crippen LogP contribution is 2.19. The fourth-order valence-electron chi connectivity index (χ4n) is 1.83. The van der Waals surface area contributed by atoms with Gasteiger partial charge in [0.2, 0.25) is 0 Å². The molecular weight excluding hydrogens is 290 g/mol. The lowest BCUT2D eigenvalue weighted by Gasteiger charge is -2.09. The molecule has 1 rings (SSSR count). The normalized spacial score (nSPS) is 10.7. The summed E-state index contributed by atoms with van der Waals surface area (Å²) in [6.07, 6.45) is 3.46. The number of rotatable bonds is 6. The maximum absolute atomic E-state index is 12.0. The highest BCUT2D eigenvalue weighted by Gasteiger charge is 2.09. The molecule has 0 bridgehead atoms. The monoisotopic (exact) mass is 311 g/mol. The molecule has 0 heterocycles. The Morgan fingerprint density at radius 3 is 2.72 bits per heavy atom. The van der Waals surface area contributed by atoms with E-state index in [2.05, 4.69) is 35.1 Å². The maximum Gasteiger partial charge on any atom is 0.251 e. The Hall–Kier alpha value is -0.830. The third kappa shape index (κ3) is 4.81. The number of carbonyl (C=O) groups is 1. The van der Waals surface area contributed by atoms with E-state index < -0.39 is 0 Å². The average Bonchev–Trinajstić information content (AvgIpc) is 2.31. The first kappa shape index (κ1) is 15.2. The molecule has 0 fully saturated rings. The molecule has 0 aromatic heterocycles. The predicted molar refractivity (Wildman–Crippen MR) is 79.9 cm³/mol. The van der Waals surface area contributed by atoms with Crippen LogP contribution < -0.4 is 5.32 Å². The number of benzene rings is 1. The van der Waals surface area contributed by atoms with E-state index in [1.165, 1.54) is 12.8 Å². The number of unbranched alkanes of at least 4 members (excludes halogenated alkanes) is 1. The number of hydrogen-bond acceptors (Lipinski definition) is 1. The van der Waals surface area contributed by atoms with Gasteiger partial charge >= 0.3 is 0 Å². The zero-order valence-corrected chi connectivity index (χ0v) is 13.0. The van der Waals surface area contributed by atoms with Crippen molar-refractivity contribution in [2.24, 2.45) is 5.92 Å². The molecule has 0 unspecified atom stereocenters. The SMILES string of the molecule is Cc1c(Br)cccc1C(=O)NCCCCC(C)C. The minimum absolute atomic E-state index is 0.0262. The summed E-state index contributed by atoms with van der Waals surface area (Å²) >= 11 is 3.44. The van der Waals surface area contributed by atoms with Crippen LogP contribution in [0.4, 0.5) is 0 Å². The fraction of sp³-hybridized carbons (Fsp3) is 0.533. The molecule has 0 radical (unpaired) electrons. The average molecular weight is 312 g/mol. The lowest BCUT2D eigenvalue weighted by molar-refractivity contribution is 0.0952. The number of carbonyl (C=O) groups excluding carboxylic acids is 1. The molecule has 0 aliphatic rings. The van der Waals surface area contributed by atoms with Crippen molar-refractivity contribution in [3.05, 3.63) is 33.8 Å². The van der Waals surface area contributed by atoms with Crippen LogP contribution in [0.3, 0.4) is 0 Å². The van der Waals surface area contributed by atoms with Crippen LogP contribution >= 0.6 is 15.9 Å². The van der Waals surface area contributed by atoms with E-state index in [0.717, 1.165) is 34.5 Å². The van der Waals surface area contributed by atoms with Crippen molar-refractivity contribution in [1.82, 2.24) is 5.32 Å². The van der Waals surface area contributed by atoms with Gasteiger partial charge in [0.05, 0.1) is 0 Å². The summed E-state index contributed by atoms with van der Waals surface area (Å²) in [5, 5.41) is 2.98.